The number of para-hydroxylation sites is 1. The first kappa shape index (κ1) is 22.4. The van der Waals surface area contributed by atoms with Gasteiger partial charge in [0.2, 0.25) is 0 Å². The van der Waals surface area contributed by atoms with E-state index < -0.39 is 0 Å². The van der Waals surface area contributed by atoms with E-state index in [2.05, 4.69) is 36.8 Å². The fraction of sp³-hybridized carbons (Fsp3) is 0.179. The van der Waals surface area contributed by atoms with E-state index in [1.807, 2.05) is 73.7 Å². The molecule has 5 rings (SSSR count). The molecule has 0 atom stereocenters. The number of nitrogens with zero attached hydrogens (tertiary/aromatic N) is 4. The van der Waals surface area contributed by atoms with Gasteiger partial charge in [-0.25, -0.2) is 19.3 Å². The minimum absolute atomic E-state index is 0.229. The lowest BCUT2D eigenvalue weighted by molar-refractivity contribution is 0.482. The SMILES string of the molecule is Cc1cc(Oc2ccccc2)ccc1-n1c(=O)n(-c2ccc[c]c2C(C)(C)C)c2ncnc(N)c21. The van der Waals surface area contributed by atoms with E-state index in [4.69, 9.17) is 10.5 Å². The fourth-order valence-electron chi connectivity index (χ4n) is 4.27. The summed E-state index contributed by atoms with van der Waals surface area (Å²) in [5, 5.41) is 0. The molecule has 0 saturated carbocycles. The van der Waals surface area contributed by atoms with Crippen molar-refractivity contribution in [3.05, 3.63) is 101 Å². The minimum Gasteiger partial charge on any atom is -0.457 e. The van der Waals surface area contributed by atoms with Gasteiger partial charge in [0.15, 0.2) is 11.5 Å². The molecule has 1 radical (unpaired) electrons. The summed E-state index contributed by atoms with van der Waals surface area (Å²) in [6.07, 6.45) is 1.38. The van der Waals surface area contributed by atoms with Crippen LogP contribution in [0.5, 0.6) is 11.5 Å². The van der Waals surface area contributed by atoms with Crippen molar-refractivity contribution in [1.82, 2.24) is 19.1 Å². The molecule has 7 heteroatoms. The lowest BCUT2D eigenvalue weighted by atomic mass is 9.86. The Morgan fingerprint density at radius 3 is 2.40 bits per heavy atom. The van der Waals surface area contributed by atoms with E-state index in [0.717, 1.165) is 16.9 Å². The molecule has 35 heavy (non-hydrogen) atoms. The first-order valence-electron chi connectivity index (χ1n) is 11.3. The summed E-state index contributed by atoms with van der Waals surface area (Å²) in [6.45, 7) is 8.20. The van der Waals surface area contributed by atoms with Crippen molar-refractivity contribution in [3.8, 4) is 22.9 Å². The van der Waals surface area contributed by atoms with Crippen LogP contribution in [0.4, 0.5) is 5.82 Å². The molecule has 2 aromatic heterocycles. The van der Waals surface area contributed by atoms with Crippen LogP contribution in [-0.4, -0.2) is 19.1 Å². The van der Waals surface area contributed by atoms with E-state index in [9.17, 15) is 4.79 Å². The maximum absolute atomic E-state index is 14.0. The van der Waals surface area contributed by atoms with Gasteiger partial charge in [-0.05, 0) is 65.9 Å². The molecule has 3 aromatic carbocycles. The Balaban J connectivity index is 1.73. The number of hydrogen-bond donors (Lipinski definition) is 1. The van der Waals surface area contributed by atoms with Gasteiger partial charge in [-0.2, -0.15) is 0 Å². The molecule has 2 N–H and O–H groups in total. The molecular weight excluding hydrogens is 438 g/mol. The molecular formula is C28H26N5O2. The van der Waals surface area contributed by atoms with Crippen molar-refractivity contribution in [2.75, 3.05) is 5.73 Å². The Labute approximate surface area is 203 Å². The quantitative estimate of drug-likeness (QED) is 0.387. The van der Waals surface area contributed by atoms with Crippen LogP contribution in [0.3, 0.4) is 0 Å². The molecule has 0 aliphatic heterocycles. The van der Waals surface area contributed by atoms with Gasteiger partial charge < -0.3 is 10.5 Å². The average Bonchev–Trinajstić information content (AvgIpc) is 3.12. The van der Waals surface area contributed by atoms with Crippen LogP contribution in [0.2, 0.25) is 0 Å². The second-order valence-corrected chi connectivity index (χ2v) is 9.43. The summed E-state index contributed by atoms with van der Waals surface area (Å²) in [7, 11) is 0. The first-order valence-corrected chi connectivity index (χ1v) is 11.3. The van der Waals surface area contributed by atoms with Crippen LogP contribution in [0, 0.1) is 13.0 Å². The van der Waals surface area contributed by atoms with Gasteiger partial charge in [0.25, 0.3) is 0 Å². The van der Waals surface area contributed by atoms with Gasteiger partial charge >= 0.3 is 5.69 Å². The largest absolute Gasteiger partial charge is 0.457 e. The zero-order chi connectivity index (χ0) is 24.7. The zero-order valence-corrected chi connectivity index (χ0v) is 20.1. The minimum atomic E-state index is -0.280. The Hall–Kier alpha value is -4.39. The fourth-order valence-corrected chi connectivity index (χ4v) is 4.27. The van der Waals surface area contributed by atoms with Crippen LogP contribution in [0.25, 0.3) is 22.5 Å². The van der Waals surface area contributed by atoms with Gasteiger partial charge in [-0.3, -0.25) is 4.57 Å². The topological polar surface area (TPSA) is 88.0 Å². The lowest BCUT2D eigenvalue weighted by Crippen LogP contribution is -2.25. The van der Waals surface area contributed by atoms with Crippen LogP contribution in [-0.2, 0) is 5.41 Å². The van der Waals surface area contributed by atoms with E-state index in [1.54, 1.807) is 9.13 Å². The number of aryl methyl sites for hydroxylation is 1. The highest BCUT2D eigenvalue weighted by Gasteiger charge is 2.25. The molecule has 2 heterocycles. The molecule has 5 aromatic rings. The number of aromatic nitrogens is 4. The number of nitrogens with two attached hydrogens (primary N) is 1. The molecule has 0 fully saturated rings. The zero-order valence-electron chi connectivity index (χ0n) is 20.1. The Morgan fingerprint density at radius 1 is 0.914 bits per heavy atom. The Kier molecular flexibility index (Phi) is 5.40. The smallest absolute Gasteiger partial charge is 0.339 e. The number of nitrogen functional groups attached to an aromatic ring is 1. The molecule has 0 bridgehead atoms. The van der Waals surface area contributed by atoms with Gasteiger partial charge in [-0.1, -0.05) is 51.1 Å². The molecule has 7 nitrogen and oxygen atoms in total. The third-order valence-electron chi connectivity index (χ3n) is 5.86. The van der Waals surface area contributed by atoms with Crippen LogP contribution >= 0.6 is 0 Å². The van der Waals surface area contributed by atoms with Crippen molar-refractivity contribution in [3.63, 3.8) is 0 Å². The van der Waals surface area contributed by atoms with Gasteiger partial charge in [0.05, 0.1) is 11.4 Å². The van der Waals surface area contributed by atoms with Crippen molar-refractivity contribution in [2.45, 2.75) is 33.1 Å². The second-order valence-electron chi connectivity index (χ2n) is 9.43. The van der Waals surface area contributed by atoms with Gasteiger partial charge in [-0.15, -0.1) is 0 Å². The number of imidazole rings is 1. The Morgan fingerprint density at radius 2 is 1.69 bits per heavy atom. The van der Waals surface area contributed by atoms with E-state index >= 15 is 0 Å². The number of rotatable bonds is 4. The predicted octanol–water partition coefficient (Wildman–Crippen LogP) is 5.35. The molecule has 0 aliphatic carbocycles. The molecule has 0 amide bonds. The highest BCUT2D eigenvalue weighted by Crippen LogP contribution is 2.32. The summed E-state index contributed by atoms with van der Waals surface area (Å²) >= 11 is 0. The maximum Gasteiger partial charge on any atom is 0.339 e. The van der Waals surface area contributed by atoms with Crippen LogP contribution in [0.15, 0.2) is 77.9 Å². The van der Waals surface area contributed by atoms with Crippen molar-refractivity contribution in [2.24, 2.45) is 0 Å². The molecule has 175 valence electrons. The van der Waals surface area contributed by atoms with E-state index in [1.165, 1.54) is 6.33 Å². The number of ether oxygens (including phenoxy) is 1. The Bertz CT molecular complexity index is 1590. The van der Waals surface area contributed by atoms with Crippen molar-refractivity contribution < 1.29 is 4.74 Å². The third kappa shape index (κ3) is 3.95. The van der Waals surface area contributed by atoms with Crippen LogP contribution in [0.1, 0.15) is 31.9 Å². The van der Waals surface area contributed by atoms with Crippen molar-refractivity contribution in [1.29, 1.82) is 0 Å². The van der Waals surface area contributed by atoms with Crippen LogP contribution < -0.4 is 16.2 Å². The average molecular weight is 465 g/mol. The first-order chi connectivity index (χ1) is 16.8. The maximum atomic E-state index is 14.0. The molecule has 0 aliphatic rings. The monoisotopic (exact) mass is 464 g/mol. The normalized spacial score (nSPS) is 11.7. The number of benzene rings is 3. The number of anilines is 1. The van der Waals surface area contributed by atoms with Gasteiger partial charge in [0, 0.05) is 0 Å². The standard InChI is InChI=1S/C28H26N5O2/c1-18-16-20(35-19-10-6-5-7-11-19)14-15-22(18)32-24-25(29)30-17-31-26(24)33(27(32)34)23-13-9-8-12-21(23)28(2,3)4/h5-11,13-17H,1-4H3,(H2,29,30,31). The predicted molar refractivity (Wildman–Crippen MR) is 138 cm³/mol. The highest BCUT2D eigenvalue weighted by atomic mass is 16.5. The van der Waals surface area contributed by atoms with E-state index in [-0.39, 0.29) is 16.9 Å². The highest BCUT2D eigenvalue weighted by molar-refractivity contribution is 5.85. The van der Waals surface area contributed by atoms with Crippen molar-refractivity contribution >= 4 is 17.0 Å². The molecule has 0 spiro atoms. The summed E-state index contributed by atoms with van der Waals surface area (Å²) in [4.78, 5) is 22.6. The molecule has 0 unspecified atom stereocenters. The van der Waals surface area contributed by atoms with E-state index in [0.29, 0.717) is 28.3 Å². The lowest BCUT2D eigenvalue weighted by Gasteiger charge is -2.22. The molecule has 0 saturated heterocycles. The summed E-state index contributed by atoms with van der Waals surface area (Å²) in [5.74, 6) is 1.64. The summed E-state index contributed by atoms with van der Waals surface area (Å²) in [5.41, 5.74) is 9.83. The summed E-state index contributed by atoms with van der Waals surface area (Å²) < 4.78 is 9.14. The number of hydrogen-bond acceptors (Lipinski definition) is 5. The number of fused-ring (bicyclic) bond motifs is 1. The third-order valence-corrected chi connectivity index (χ3v) is 5.86. The second kappa shape index (κ2) is 8.43. The van der Waals surface area contributed by atoms with Gasteiger partial charge in [0.1, 0.15) is 23.3 Å². The summed E-state index contributed by atoms with van der Waals surface area (Å²) in [6, 6.07) is 24.1.